The van der Waals surface area contributed by atoms with Gasteiger partial charge >= 0.3 is 6.18 Å². The molecular weight excluding hydrogens is 461 g/mol. The molecule has 0 saturated carbocycles. The van der Waals surface area contributed by atoms with E-state index < -0.39 is 23.7 Å². The van der Waals surface area contributed by atoms with E-state index >= 15 is 0 Å². The number of carbonyl (C=O) groups is 1. The fraction of sp³-hybridized carbons (Fsp3) is 0.520. The average molecular weight is 495 g/mol. The Kier molecular flexibility index (Phi) is 8.60. The highest BCUT2D eigenvalue weighted by Crippen LogP contribution is 2.34. The number of alkyl halides is 3. The molecule has 0 spiro atoms. The number of halogens is 3. The van der Waals surface area contributed by atoms with Gasteiger partial charge < -0.3 is 24.8 Å². The third-order valence-electron chi connectivity index (χ3n) is 6.28. The smallest absolute Gasteiger partial charge is 0.383 e. The number of likely N-dealkylation sites (N-methyl/N-ethyl adjacent to an activating group) is 1. The molecule has 3 rings (SSSR count). The number of hydrogen-bond acceptors (Lipinski definition) is 5. The molecule has 0 aliphatic carbocycles. The van der Waals surface area contributed by atoms with Crippen molar-refractivity contribution in [3.63, 3.8) is 0 Å². The summed E-state index contributed by atoms with van der Waals surface area (Å²) in [5, 5.41) is 5.99. The summed E-state index contributed by atoms with van der Waals surface area (Å²) in [6.45, 7) is 5.31. The molecule has 2 N–H and O–H groups in total. The highest BCUT2D eigenvalue weighted by molar-refractivity contribution is 5.99. The number of pyridine rings is 1. The third-order valence-corrected chi connectivity index (χ3v) is 6.28. The van der Waals surface area contributed by atoms with E-state index in [1.807, 2.05) is 19.0 Å². The maximum atomic E-state index is 13.4. The zero-order valence-corrected chi connectivity index (χ0v) is 20.5. The number of benzene rings is 1. The number of ether oxygens (including phenoxy) is 1. The molecule has 0 radical (unpaired) electrons. The van der Waals surface area contributed by atoms with Crippen LogP contribution in [0.1, 0.15) is 58.9 Å². The Bertz CT molecular complexity index is 1090. The summed E-state index contributed by atoms with van der Waals surface area (Å²) >= 11 is 0. The monoisotopic (exact) mass is 494 g/mol. The van der Waals surface area contributed by atoms with Crippen LogP contribution in [0.5, 0.6) is 0 Å². The van der Waals surface area contributed by atoms with Crippen molar-refractivity contribution in [3.05, 3.63) is 63.1 Å². The molecule has 1 fully saturated rings. The molecule has 1 aromatic heterocycles. The Morgan fingerprint density at radius 3 is 2.57 bits per heavy atom. The van der Waals surface area contributed by atoms with E-state index in [9.17, 15) is 22.8 Å². The Hall–Kier alpha value is -2.85. The number of nitrogens with one attached hydrogen (secondary N) is 2. The lowest BCUT2D eigenvalue weighted by Gasteiger charge is -2.26. The molecule has 0 bridgehead atoms. The van der Waals surface area contributed by atoms with Gasteiger partial charge in [-0.25, -0.2) is 0 Å². The largest absolute Gasteiger partial charge is 0.416 e. The number of amides is 1. The first-order valence-electron chi connectivity index (χ1n) is 11.7. The standard InChI is InChI=1S/C25H33F3N4O3/c1-16-19(6-5-7-21(16)25(26,27)28)17(2)30-24(34)20-15-32(18-8-12-35-13-9-18)23(33)14-22(20)29-10-11-31(3)4/h5-7,14-15,17-18,29H,8-13H2,1-4H3,(H,30,34). The van der Waals surface area contributed by atoms with Crippen molar-refractivity contribution in [2.75, 3.05) is 45.7 Å². The first-order valence-corrected chi connectivity index (χ1v) is 11.7. The van der Waals surface area contributed by atoms with E-state index in [2.05, 4.69) is 10.6 Å². The Labute approximate surface area is 203 Å². The van der Waals surface area contributed by atoms with Crippen LogP contribution < -0.4 is 16.2 Å². The summed E-state index contributed by atoms with van der Waals surface area (Å²) < 4.78 is 47.1. The minimum atomic E-state index is -4.48. The van der Waals surface area contributed by atoms with E-state index in [1.54, 1.807) is 23.8 Å². The van der Waals surface area contributed by atoms with Crippen LogP contribution in [0.4, 0.5) is 18.9 Å². The molecular formula is C25H33F3N4O3. The average Bonchev–Trinajstić information content (AvgIpc) is 2.78. The van der Waals surface area contributed by atoms with Crippen LogP contribution in [0.15, 0.2) is 35.3 Å². The molecule has 10 heteroatoms. The van der Waals surface area contributed by atoms with Crippen molar-refractivity contribution in [3.8, 4) is 0 Å². The fourth-order valence-corrected chi connectivity index (χ4v) is 4.32. The predicted octanol–water partition coefficient (Wildman–Crippen LogP) is 3.99. The van der Waals surface area contributed by atoms with Crippen LogP contribution in [0, 0.1) is 6.92 Å². The van der Waals surface area contributed by atoms with Gasteiger partial charge in [0.1, 0.15) is 0 Å². The molecule has 2 aromatic rings. The summed E-state index contributed by atoms with van der Waals surface area (Å²) in [7, 11) is 3.83. The molecule has 1 aromatic carbocycles. The SMILES string of the molecule is Cc1c(C(C)NC(=O)c2cn(C3CCOCC3)c(=O)cc2NCCN(C)C)cccc1C(F)(F)F. The van der Waals surface area contributed by atoms with E-state index in [1.165, 1.54) is 19.1 Å². The van der Waals surface area contributed by atoms with Crippen LogP contribution >= 0.6 is 0 Å². The second-order valence-corrected chi connectivity index (χ2v) is 9.13. The first-order chi connectivity index (χ1) is 16.5. The van der Waals surface area contributed by atoms with Gasteiger partial charge in [-0.15, -0.1) is 0 Å². The fourth-order valence-electron chi connectivity index (χ4n) is 4.32. The molecule has 1 aliphatic rings. The predicted molar refractivity (Wildman–Crippen MR) is 129 cm³/mol. The molecule has 1 amide bonds. The zero-order valence-electron chi connectivity index (χ0n) is 20.5. The van der Waals surface area contributed by atoms with Crippen molar-refractivity contribution in [1.82, 2.24) is 14.8 Å². The van der Waals surface area contributed by atoms with Gasteiger partial charge in [0.2, 0.25) is 0 Å². The van der Waals surface area contributed by atoms with Gasteiger partial charge in [0.15, 0.2) is 0 Å². The zero-order chi connectivity index (χ0) is 25.8. The lowest BCUT2D eigenvalue weighted by Crippen LogP contribution is -2.33. The lowest BCUT2D eigenvalue weighted by molar-refractivity contribution is -0.138. The normalized spacial score (nSPS) is 15.8. The molecule has 7 nitrogen and oxygen atoms in total. The van der Waals surface area contributed by atoms with E-state index in [4.69, 9.17) is 4.74 Å². The molecule has 1 unspecified atom stereocenters. The number of hydrogen-bond donors (Lipinski definition) is 2. The quantitative estimate of drug-likeness (QED) is 0.581. The summed E-state index contributed by atoms with van der Waals surface area (Å²) in [4.78, 5) is 28.2. The van der Waals surface area contributed by atoms with Crippen molar-refractivity contribution < 1.29 is 22.7 Å². The van der Waals surface area contributed by atoms with E-state index in [-0.39, 0.29) is 22.7 Å². The minimum absolute atomic E-state index is 0.0734. The van der Waals surface area contributed by atoms with Gasteiger partial charge in [0.25, 0.3) is 11.5 Å². The summed E-state index contributed by atoms with van der Waals surface area (Å²) in [5.41, 5.74) is 0.173. The maximum Gasteiger partial charge on any atom is 0.416 e. The van der Waals surface area contributed by atoms with E-state index in [0.29, 0.717) is 50.4 Å². The van der Waals surface area contributed by atoms with Crippen LogP contribution in [0.3, 0.4) is 0 Å². The third kappa shape index (κ3) is 6.64. The Morgan fingerprint density at radius 2 is 1.94 bits per heavy atom. The van der Waals surface area contributed by atoms with Gasteiger partial charge in [-0.3, -0.25) is 9.59 Å². The first kappa shape index (κ1) is 26.7. The molecule has 35 heavy (non-hydrogen) atoms. The van der Waals surface area contributed by atoms with Crippen molar-refractivity contribution in [2.45, 2.75) is 44.9 Å². The van der Waals surface area contributed by atoms with Gasteiger partial charge in [-0.1, -0.05) is 12.1 Å². The summed E-state index contributed by atoms with van der Waals surface area (Å²) in [5.74, 6) is -0.470. The maximum absolute atomic E-state index is 13.4. The number of nitrogens with zero attached hydrogens (tertiary/aromatic N) is 2. The lowest BCUT2D eigenvalue weighted by atomic mass is 9.97. The number of aromatic nitrogens is 1. The van der Waals surface area contributed by atoms with Crippen LogP contribution in [0.2, 0.25) is 0 Å². The molecule has 1 saturated heterocycles. The second kappa shape index (κ2) is 11.3. The summed E-state index contributed by atoms with van der Waals surface area (Å²) in [6.07, 6.45) is -1.60. The van der Waals surface area contributed by atoms with Crippen LogP contribution in [-0.4, -0.2) is 55.8 Å². The molecule has 1 aliphatic heterocycles. The number of carbonyl (C=O) groups excluding carboxylic acids is 1. The minimum Gasteiger partial charge on any atom is -0.383 e. The molecule has 192 valence electrons. The topological polar surface area (TPSA) is 75.6 Å². The van der Waals surface area contributed by atoms with Crippen molar-refractivity contribution in [2.24, 2.45) is 0 Å². The molecule has 1 atom stereocenters. The van der Waals surface area contributed by atoms with Crippen molar-refractivity contribution in [1.29, 1.82) is 0 Å². The van der Waals surface area contributed by atoms with Gasteiger partial charge in [0.05, 0.1) is 22.9 Å². The highest BCUT2D eigenvalue weighted by atomic mass is 19.4. The number of rotatable bonds is 8. The van der Waals surface area contributed by atoms with Gasteiger partial charge in [-0.05, 0) is 58.0 Å². The highest BCUT2D eigenvalue weighted by Gasteiger charge is 2.33. The molecule has 2 heterocycles. The summed E-state index contributed by atoms with van der Waals surface area (Å²) in [6, 6.07) is 4.61. The van der Waals surface area contributed by atoms with E-state index in [0.717, 1.165) is 6.07 Å². The second-order valence-electron chi connectivity index (χ2n) is 9.13. The van der Waals surface area contributed by atoms with Crippen molar-refractivity contribution >= 4 is 11.6 Å². The van der Waals surface area contributed by atoms with Crippen LogP contribution in [-0.2, 0) is 10.9 Å². The van der Waals surface area contributed by atoms with Gasteiger partial charge in [0, 0.05) is 44.6 Å². The van der Waals surface area contributed by atoms with Crippen LogP contribution in [0.25, 0.3) is 0 Å². The number of anilines is 1. The Balaban J connectivity index is 1.92. The Morgan fingerprint density at radius 1 is 1.26 bits per heavy atom. The van der Waals surface area contributed by atoms with Gasteiger partial charge in [-0.2, -0.15) is 13.2 Å².